The molecule has 0 aliphatic rings. The van der Waals surface area contributed by atoms with Crippen LogP contribution < -0.4 is 9.47 Å². The van der Waals surface area contributed by atoms with E-state index < -0.39 is 6.10 Å². The molecule has 0 aliphatic heterocycles. The minimum Gasteiger partial charge on any atom is -0.494 e. The molecule has 47 heavy (non-hydrogen) atoms. The van der Waals surface area contributed by atoms with E-state index in [1.807, 2.05) is 49.4 Å². The summed E-state index contributed by atoms with van der Waals surface area (Å²) in [4.78, 5) is 12.7. The quantitative estimate of drug-likeness (QED) is 0.0635. The Kier molecular flexibility index (Phi) is 15.5. The summed E-state index contributed by atoms with van der Waals surface area (Å²) in [6.07, 6.45) is 14.0. The first-order chi connectivity index (χ1) is 23.1. The molecule has 0 N–H and O–H groups in total. The first kappa shape index (κ1) is 35.9. The number of benzene rings is 3. The van der Waals surface area contributed by atoms with Crippen molar-refractivity contribution in [2.45, 2.75) is 110 Å². The van der Waals surface area contributed by atoms with Gasteiger partial charge in [0.15, 0.2) is 6.10 Å². The third-order valence-corrected chi connectivity index (χ3v) is 8.75. The van der Waals surface area contributed by atoms with Gasteiger partial charge < -0.3 is 18.8 Å². The molecular weight excluding hydrogens is 582 g/mol. The van der Waals surface area contributed by atoms with Gasteiger partial charge in [0.1, 0.15) is 11.5 Å². The van der Waals surface area contributed by atoms with E-state index in [2.05, 4.69) is 66.9 Å². The topological polar surface area (TPSA) is 49.7 Å². The van der Waals surface area contributed by atoms with Gasteiger partial charge in [0.25, 0.3) is 0 Å². The Morgan fingerprint density at radius 2 is 1.32 bits per heavy atom. The highest BCUT2D eigenvalue weighted by atomic mass is 16.6. The van der Waals surface area contributed by atoms with Crippen LogP contribution in [-0.2, 0) is 28.9 Å². The molecule has 0 fully saturated rings. The number of rotatable bonds is 22. The van der Waals surface area contributed by atoms with Crippen molar-refractivity contribution in [2.24, 2.45) is 0 Å². The van der Waals surface area contributed by atoms with E-state index in [1.54, 1.807) is 0 Å². The van der Waals surface area contributed by atoms with Gasteiger partial charge in [0.2, 0.25) is 0 Å². The Hall–Kier alpha value is -3.99. The van der Waals surface area contributed by atoms with Crippen LogP contribution >= 0.6 is 0 Å². The van der Waals surface area contributed by atoms with Gasteiger partial charge in [-0.15, -0.1) is 0 Å². The monoisotopic (exact) mass is 637 g/mol. The second-order valence-electron chi connectivity index (χ2n) is 12.5. The van der Waals surface area contributed by atoms with E-state index in [0.29, 0.717) is 18.8 Å². The van der Waals surface area contributed by atoms with Gasteiger partial charge in [0, 0.05) is 24.4 Å². The number of carbonyl (C=O) groups excluding carboxylic acids is 1. The third kappa shape index (κ3) is 12.3. The van der Waals surface area contributed by atoms with Crippen molar-refractivity contribution in [3.8, 4) is 22.8 Å². The first-order valence-electron chi connectivity index (χ1n) is 17.9. The molecule has 1 atom stereocenters. The zero-order valence-electron chi connectivity index (χ0n) is 28.9. The molecule has 4 aromatic rings. The molecule has 0 bridgehead atoms. The molecular formula is C42H55NO4. The van der Waals surface area contributed by atoms with Gasteiger partial charge in [-0.25, -0.2) is 4.79 Å². The smallest absolute Gasteiger partial charge is 0.347 e. The van der Waals surface area contributed by atoms with Gasteiger partial charge in [-0.1, -0.05) is 107 Å². The molecule has 252 valence electrons. The maximum Gasteiger partial charge on any atom is 0.347 e. The number of aromatic nitrogens is 1. The number of nitrogens with zero attached hydrogens (tertiary/aromatic N) is 1. The molecule has 0 unspecified atom stereocenters. The lowest BCUT2D eigenvalue weighted by atomic mass is 10.1. The minimum atomic E-state index is -0.703. The average molecular weight is 638 g/mol. The highest BCUT2D eigenvalue weighted by molar-refractivity contribution is 5.75. The molecule has 1 aromatic heterocycles. The van der Waals surface area contributed by atoms with Crippen LogP contribution in [0.15, 0.2) is 91.0 Å². The maximum absolute atomic E-state index is 12.7. The van der Waals surface area contributed by atoms with Crippen molar-refractivity contribution < 1.29 is 19.0 Å². The van der Waals surface area contributed by atoms with Gasteiger partial charge >= 0.3 is 5.97 Å². The van der Waals surface area contributed by atoms with E-state index in [-0.39, 0.29) is 5.97 Å². The number of esters is 1. The fraction of sp³-hybridized carbons (Fsp3) is 0.452. The summed E-state index contributed by atoms with van der Waals surface area (Å²) in [6.45, 7) is 8.24. The Morgan fingerprint density at radius 1 is 0.681 bits per heavy atom. The van der Waals surface area contributed by atoms with Crippen molar-refractivity contribution in [3.63, 3.8) is 0 Å². The minimum absolute atomic E-state index is 0.320. The van der Waals surface area contributed by atoms with Crippen LogP contribution in [0.2, 0.25) is 0 Å². The van der Waals surface area contributed by atoms with Crippen LogP contribution in [0, 0.1) is 6.92 Å². The molecule has 3 aromatic carbocycles. The molecule has 0 saturated heterocycles. The summed E-state index contributed by atoms with van der Waals surface area (Å²) in [5.41, 5.74) is 5.82. The van der Waals surface area contributed by atoms with Crippen LogP contribution in [0.3, 0.4) is 0 Å². The number of hydrogen-bond donors (Lipinski definition) is 0. The van der Waals surface area contributed by atoms with Gasteiger partial charge in [-0.05, 0) is 91.9 Å². The second-order valence-corrected chi connectivity index (χ2v) is 12.5. The number of carbonyl (C=O) groups is 1. The predicted molar refractivity (Wildman–Crippen MR) is 193 cm³/mol. The molecule has 5 heteroatoms. The highest BCUT2D eigenvalue weighted by Crippen LogP contribution is 2.27. The summed E-state index contributed by atoms with van der Waals surface area (Å²) < 4.78 is 19.8. The van der Waals surface area contributed by atoms with E-state index in [4.69, 9.17) is 14.2 Å². The summed E-state index contributed by atoms with van der Waals surface area (Å²) in [7, 11) is 0. The molecule has 5 nitrogen and oxygen atoms in total. The Balaban J connectivity index is 1.23. The van der Waals surface area contributed by atoms with Gasteiger partial charge in [-0.2, -0.15) is 0 Å². The van der Waals surface area contributed by atoms with Crippen molar-refractivity contribution in [1.29, 1.82) is 0 Å². The van der Waals surface area contributed by atoms with Crippen molar-refractivity contribution >= 4 is 5.97 Å². The van der Waals surface area contributed by atoms with E-state index in [1.165, 1.54) is 69.0 Å². The van der Waals surface area contributed by atoms with Gasteiger partial charge in [-0.3, -0.25) is 0 Å². The largest absolute Gasteiger partial charge is 0.494 e. The van der Waals surface area contributed by atoms with Crippen molar-refractivity contribution in [1.82, 2.24) is 4.57 Å². The normalized spacial score (nSPS) is 11.7. The van der Waals surface area contributed by atoms with E-state index in [0.717, 1.165) is 48.6 Å². The Morgan fingerprint density at radius 3 is 1.98 bits per heavy atom. The number of unbranched alkanes of at least 4 members (excludes halogenated alkanes) is 9. The lowest BCUT2D eigenvalue weighted by molar-refractivity contribution is -0.151. The summed E-state index contributed by atoms with van der Waals surface area (Å²) >= 11 is 0. The molecule has 0 radical (unpaired) electrons. The molecule has 0 spiro atoms. The lowest BCUT2D eigenvalue weighted by Gasteiger charge is -2.18. The van der Waals surface area contributed by atoms with E-state index in [9.17, 15) is 4.79 Å². The van der Waals surface area contributed by atoms with Crippen molar-refractivity contribution in [3.05, 3.63) is 108 Å². The standard InChI is InChI=1S/C42H55NO4/c1-4-6-7-8-9-10-11-12-13-17-32-46-38-25-21-35(22-26-38)30-31-43-34(3)20-29-40(43)37-23-27-39(28-24-37)47-41(42(44)45-5-2)33-36-18-15-14-16-19-36/h14-16,18-29,41H,4-13,17,30-33H2,1-3H3/t41-/m1/s1. The SMILES string of the molecule is CCCCCCCCCCCCOc1ccc(CCn2c(C)ccc2-c2ccc(O[C@H](Cc3ccccc3)C(=O)OCC)cc2)cc1. The number of hydrogen-bond acceptors (Lipinski definition) is 4. The summed E-state index contributed by atoms with van der Waals surface area (Å²) in [6, 6.07) is 30.8. The molecule has 0 amide bonds. The number of ether oxygens (including phenoxy) is 3. The Labute approximate surface area is 283 Å². The molecule has 0 aliphatic carbocycles. The van der Waals surface area contributed by atoms with Crippen LogP contribution in [0.25, 0.3) is 11.3 Å². The van der Waals surface area contributed by atoms with Crippen LogP contribution in [-0.4, -0.2) is 29.9 Å². The van der Waals surface area contributed by atoms with Crippen LogP contribution in [0.5, 0.6) is 11.5 Å². The fourth-order valence-corrected chi connectivity index (χ4v) is 6.00. The zero-order chi connectivity index (χ0) is 33.1. The molecule has 4 rings (SSSR count). The third-order valence-electron chi connectivity index (χ3n) is 8.75. The zero-order valence-corrected chi connectivity index (χ0v) is 28.9. The maximum atomic E-state index is 12.7. The summed E-state index contributed by atoms with van der Waals surface area (Å²) in [5.74, 6) is 1.26. The first-order valence-corrected chi connectivity index (χ1v) is 17.9. The fourth-order valence-electron chi connectivity index (χ4n) is 6.00. The number of aryl methyl sites for hydroxylation is 2. The second kappa shape index (κ2) is 20.3. The average Bonchev–Trinajstić information content (AvgIpc) is 3.47. The summed E-state index contributed by atoms with van der Waals surface area (Å²) in [5, 5.41) is 0. The van der Waals surface area contributed by atoms with Gasteiger partial charge in [0.05, 0.1) is 13.2 Å². The van der Waals surface area contributed by atoms with Crippen LogP contribution in [0.4, 0.5) is 0 Å². The van der Waals surface area contributed by atoms with E-state index >= 15 is 0 Å². The predicted octanol–water partition coefficient (Wildman–Crippen LogP) is 10.6. The van der Waals surface area contributed by atoms with Crippen molar-refractivity contribution in [2.75, 3.05) is 13.2 Å². The molecule has 0 saturated carbocycles. The Bertz CT molecular complexity index is 1430. The highest BCUT2D eigenvalue weighted by Gasteiger charge is 2.22. The van der Waals surface area contributed by atoms with Crippen LogP contribution in [0.1, 0.15) is 94.9 Å². The molecule has 1 heterocycles. The lowest BCUT2D eigenvalue weighted by Crippen LogP contribution is -2.31.